The first-order valence-electron chi connectivity index (χ1n) is 10.9. The van der Waals surface area contributed by atoms with E-state index in [1.165, 1.54) is 0 Å². The van der Waals surface area contributed by atoms with Crippen LogP contribution in [0.25, 0.3) is 0 Å². The summed E-state index contributed by atoms with van der Waals surface area (Å²) >= 11 is 6.56. The largest absolute Gasteiger partial charge is 0.393 e. The van der Waals surface area contributed by atoms with E-state index in [2.05, 4.69) is 13.8 Å². The summed E-state index contributed by atoms with van der Waals surface area (Å²) in [4.78, 5) is 12.5. The number of carbonyl (C=O) groups is 1. The Morgan fingerprint density at radius 1 is 1.14 bits per heavy atom. The normalized spacial score (nSPS) is 54.8. The molecule has 4 aliphatic carbocycles. The molecule has 9 atom stereocenters. The summed E-state index contributed by atoms with van der Waals surface area (Å²) in [5, 5.41) is 11.9. The number of hydrogen-bond acceptors (Lipinski definition) is 4. The van der Waals surface area contributed by atoms with Gasteiger partial charge in [-0.1, -0.05) is 32.4 Å². The van der Waals surface area contributed by atoms with Crippen LogP contribution in [0, 0.1) is 34.5 Å². The number of rotatable bonds is 0. The lowest BCUT2D eigenvalue weighted by Gasteiger charge is -2.60. The van der Waals surface area contributed by atoms with Crippen LogP contribution in [-0.4, -0.2) is 35.0 Å². The molecule has 5 heteroatoms. The molecule has 3 saturated carbocycles. The van der Waals surface area contributed by atoms with Crippen molar-refractivity contribution in [3.05, 3.63) is 10.6 Å². The lowest BCUT2D eigenvalue weighted by Crippen LogP contribution is -2.58. The van der Waals surface area contributed by atoms with Gasteiger partial charge in [-0.15, -0.1) is 0 Å². The molecule has 1 heterocycles. The highest BCUT2D eigenvalue weighted by Crippen LogP contribution is 2.68. The van der Waals surface area contributed by atoms with Crippen LogP contribution in [0.15, 0.2) is 10.6 Å². The van der Waals surface area contributed by atoms with E-state index in [4.69, 9.17) is 21.1 Å². The van der Waals surface area contributed by atoms with E-state index >= 15 is 0 Å². The Morgan fingerprint density at radius 2 is 1.86 bits per heavy atom. The molecule has 4 nitrogen and oxygen atoms in total. The molecule has 0 aromatic heterocycles. The number of allylic oxidation sites excluding steroid dienone is 1. The highest BCUT2D eigenvalue weighted by Gasteiger charge is 2.68. The van der Waals surface area contributed by atoms with Gasteiger partial charge in [0.05, 0.1) is 23.3 Å². The number of aliphatic hydroxyl groups excluding tert-OH is 1. The van der Waals surface area contributed by atoms with Gasteiger partial charge in [0.1, 0.15) is 0 Å². The maximum Gasteiger partial charge on any atom is 0.176 e. The van der Waals surface area contributed by atoms with Crippen molar-refractivity contribution in [1.82, 2.24) is 0 Å². The van der Waals surface area contributed by atoms with Crippen LogP contribution >= 0.6 is 11.6 Å². The van der Waals surface area contributed by atoms with E-state index in [1.54, 1.807) is 0 Å². The highest BCUT2D eigenvalue weighted by atomic mass is 35.5. The Kier molecular flexibility index (Phi) is 4.07. The summed E-state index contributed by atoms with van der Waals surface area (Å²) in [5.74, 6) is 0.542. The number of aliphatic hydroxyl groups is 1. The molecular formula is C23H33ClO4. The van der Waals surface area contributed by atoms with Gasteiger partial charge >= 0.3 is 0 Å². The lowest BCUT2D eigenvalue weighted by molar-refractivity contribution is -0.199. The van der Waals surface area contributed by atoms with E-state index in [-0.39, 0.29) is 40.7 Å². The summed E-state index contributed by atoms with van der Waals surface area (Å²) in [6.07, 6.45) is 4.19. The first-order chi connectivity index (χ1) is 13.0. The van der Waals surface area contributed by atoms with Crippen LogP contribution in [0.2, 0.25) is 0 Å². The van der Waals surface area contributed by atoms with E-state index in [0.29, 0.717) is 16.9 Å². The molecule has 156 valence electrons. The van der Waals surface area contributed by atoms with Gasteiger partial charge in [-0.25, -0.2) is 0 Å². The van der Waals surface area contributed by atoms with Crippen molar-refractivity contribution < 1.29 is 19.4 Å². The van der Waals surface area contributed by atoms with Gasteiger partial charge in [-0.3, -0.25) is 4.79 Å². The predicted octanol–water partition coefficient (Wildman–Crippen LogP) is 4.43. The Labute approximate surface area is 173 Å². The molecule has 1 N–H and O–H groups in total. The van der Waals surface area contributed by atoms with E-state index in [9.17, 15) is 9.90 Å². The lowest BCUT2D eigenvalue weighted by atomic mass is 9.46. The summed E-state index contributed by atoms with van der Waals surface area (Å²) in [5.41, 5.74) is 0.858. The first kappa shape index (κ1) is 19.5. The van der Waals surface area contributed by atoms with Gasteiger partial charge in [0.15, 0.2) is 11.6 Å². The molecule has 28 heavy (non-hydrogen) atoms. The van der Waals surface area contributed by atoms with E-state index in [0.717, 1.165) is 37.7 Å². The van der Waals surface area contributed by atoms with Crippen LogP contribution in [0.5, 0.6) is 0 Å². The van der Waals surface area contributed by atoms with Crippen molar-refractivity contribution >= 4 is 17.4 Å². The number of ketones is 1. The maximum absolute atomic E-state index is 12.5. The number of fused-ring (bicyclic) bond motifs is 7. The minimum Gasteiger partial charge on any atom is -0.393 e. The molecule has 0 radical (unpaired) electrons. The average molecular weight is 409 g/mol. The van der Waals surface area contributed by atoms with Crippen LogP contribution in [-0.2, 0) is 14.3 Å². The smallest absolute Gasteiger partial charge is 0.176 e. The Balaban J connectivity index is 1.53. The van der Waals surface area contributed by atoms with E-state index < -0.39 is 11.9 Å². The molecule has 0 spiro atoms. The second kappa shape index (κ2) is 5.84. The Hall–Kier alpha value is -0.420. The molecule has 5 rings (SSSR count). The first-order valence-corrected chi connectivity index (χ1v) is 11.3. The molecule has 1 saturated heterocycles. The fourth-order valence-corrected chi connectivity index (χ4v) is 8.63. The highest BCUT2D eigenvalue weighted by molar-refractivity contribution is 6.43. The van der Waals surface area contributed by atoms with Crippen LogP contribution < -0.4 is 0 Å². The topological polar surface area (TPSA) is 55.8 Å². The average Bonchev–Trinajstić information content (AvgIpc) is 3.03. The summed E-state index contributed by atoms with van der Waals surface area (Å²) < 4.78 is 12.6. The quantitative estimate of drug-likeness (QED) is 0.644. The van der Waals surface area contributed by atoms with Crippen molar-refractivity contribution in [3.63, 3.8) is 0 Å². The minimum atomic E-state index is -0.535. The molecule has 0 aromatic rings. The molecule has 0 bridgehead atoms. The third kappa shape index (κ3) is 2.38. The van der Waals surface area contributed by atoms with Crippen molar-refractivity contribution in [3.8, 4) is 0 Å². The summed E-state index contributed by atoms with van der Waals surface area (Å²) in [6, 6.07) is 0. The fourth-order valence-electron chi connectivity index (χ4n) is 8.13. The Bertz CT molecular complexity index is 760. The van der Waals surface area contributed by atoms with Crippen molar-refractivity contribution in [1.29, 1.82) is 0 Å². The number of ether oxygens (including phenoxy) is 2. The van der Waals surface area contributed by atoms with Crippen LogP contribution in [0.4, 0.5) is 0 Å². The maximum atomic E-state index is 12.5. The van der Waals surface area contributed by atoms with Gasteiger partial charge in [0.2, 0.25) is 0 Å². The van der Waals surface area contributed by atoms with Gasteiger partial charge in [-0.2, -0.15) is 0 Å². The van der Waals surface area contributed by atoms with Crippen molar-refractivity contribution in [2.45, 2.75) is 90.8 Å². The summed E-state index contributed by atoms with van der Waals surface area (Å²) in [6.45, 7) is 10.5. The zero-order valence-corrected chi connectivity index (χ0v) is 18.4. The molecule has 1 unspecified atom stereocenters. The molecule has 0 amide bonds. The second-order valence-corrected chi connectivity index (χ2v) is 11.5. The number of Topliss-reactive ketones (excluding diaryl/α,β-unsaturated/α-hetero) is 1. The van der Waals surface area contributed by atoms with Crippen LogP contribution in [0.1, 0.15) is 66.7 Å². The summed E-state index contributed by atoms with van der Waals surface area (Å²) in [7, 11) is 0. The van der Waals surface area contributed by atoms with E-state index in [1.807, 2.05) is 20.8 Å². The van der Waals surface area contributed by atoms with Gasteiger partial charge < -0.3 is 14.6 Å². The second-order valence-electron chi connectivity index (χ2n) is 11.1. The standard InChI is InChI=1S/C23H33ClO4/c1-11-9-22(4)13(18(24)19(11)26)7-6-12-14-8-16-20(28-21(2,3)27-16)23(14,5)10-15(25)17(12)22/h11-12,14-17,20,25H,6-10H2,1-5H3/t11?,12-,14-,15-,16+,17+,20+,22-,23-/m0/s1. The van der Waals surface area contributed by atoms with Crippen molar-refractivity contribution in [2.75, 3.05) is 0 Å². The monoisotopic (exact) mass is 408 g/mol. The third-order valence-electron chi connectivity index (χ3n) is 9.02. The molecule has 1 aliphatic heterocycles. The van der Waals surface area contributed by atoms with Gasteiger partial charge in [-0.05, 0) is 74.7 Å². The predicted molar refractivity (Wildman–Crippen MR) is 107 cm³/mol. The SMILES string of the molecule is CC1C[C@@]2(C)C(=C(Cl)C1=O)CC[C@@H]1[C@@H]2[C@@H](O)C[C@]2(C)[C@@H]3OC(C)(C)O[C@@H]3C[C@@H]12. The zero-order chi connectivity index (χ0) is 20.2. The molecule has 4 fully saturated rings. The zero-order valence-electron chi connectivity index (χ0n) is 17.6. The van der Waals surface area contributed by atoms with Gasteiger partial charge in [0, 0.05) is 11.3 Å². The van der Waals surface area contributed by atoms with Gasteiger partial charge in [0.25, 0.3) is 0 Å². The van der Waals surface area contributed by atoms with Crippen LogP contribution in [0.3, 0.4) is 0 Å². The molecule has 0 aromatic carbocycles. The number of hydrogen-bond donors (Lipinski definition) is 1. The van der Waals surface area contributed by atoms with Crippen molar-refractivity contribution in [2.24, 2.45) is 34.5 Å². The third-order valence-corrected chi connectivity index (χ3v) is 9.43. The molecular weight excluding hydrogens is 376 g/mol. The fraction of sp³-hybridized carbons (Fsp3) is 0.870. The molecule has 5 aliphatic rings. The minimum absolute atomic E-state index is 0.0586. The number of carbonyl (C=O) groups excluding carboxylic acids is 1. The Morgan fingerprint density at radius 3 is 2.57 bits per heavy atom. The number of halogens is 1.